The van der Waals surface area contributed by atoms with Crippen LogP contribution < -0.4 is 0 Å². The molecule has 10 aromatic carbocycles. The molecule has 0 bridgehead atoms. The lowest BCUT2D eigenvalue weighted by Gasteiger charge is -2.24. The van der Waals surface area contributed by atoms with Crippen LogP contribution in [0, 0.1) is 11.8 Å². The van der Waals surface area contributed by atoms with Gasteiger partial charge in [-0.2, -0.15) is 0 Å². The zero-order valence-corrected chi connectivity index (χ0v) is 36.2. The highest BCUT2D eigenvalue weighted by Gasteiger charge is 2.36. The number of hydrogen-bond acceptors (Lipinski definition) is 0. The molecule has 0 radical (unpaired) electrons. The number of benzene rings is 10. The van der Waals surface area contributed by atoms with E-state index >= 15 is 0 Å². The maximum atomic E-state index is 2.55. The van der Waals surface area contributed by atoms with Crippen molar-refractivity contribution in [3.8, 4) is 66.8 Å². The van der Waals surface area contributed by atoms with Crippen molar-refractivity contribution in [1.29, 1.82) is 0 Å². The Morgan fingerprint density at radius 1 is 0.323 bits per heavy atom. The molecule has 0 saturated heterocycles. The van der Waals surface area contributed by atoms with E-state index < -0.39 is 0 Å². The fourth-order valence-corrected chi connectivity index (χ4v) is 11.1. The largest absolute Gasteiger partial charge is 0.0836 e. The predicted molar refractivity (Wildman–Crippen MR) is 278 cm³/mol. The first-order valence-corrected chi connectivity index (χ1v) is 23.3. The number of hydrogen-bond donors (Lipinski definition) is 0. The lowest BCUT2D eigenvalue weighted by atomic mass is 9.79. The van der Waals surface area contributed by atoms with E-state index in [0.717, 1.165) is 18.8 Å². The Kier molecular flexibility index (Phi) is 8.98. The van der Waals surface area contributed by atoms with Gasteiger partial charge in [0.1, 0.15) is 0 Å². The molecule has 0 heteroatoms. The lowest BCUT2D eigenvalue weighted by molar-refractivity contribution is 0.979. The van der Waals surface area contributed by atoms with Gasteiger partial charge in [-0.05, 0) is 159 Å². The third-order valence-electron chi connectivity index (χ3n) is 14.4. The van der Waals surface area contributed by atoms with Crippen LogP contribution in [0.5, 0.6) is 0 Å². The van der Waals surface area contributed by atoms with Crippen LogP contribution in [0.2, 0.25) is 0 Å². The third kappa shape index (κ3) is 6.51. The smallest absolute Gasteiger partial charge is 0.00261 e. The van der Waals surface area contributed by atoms with Crippen molar-refractivity contribution in [2.75, 3.05) is 0 Å². The van der Waals surface area contributed by atoms with E-state index in [1.807, 2.05) is 0 Å². The summed E-state index contributed by atoms with van der Waals surface area (Å²) in [7, 11) is 0. The fraction of sp³-hybridized carbons (Fsp3) is 0.0769. The van der Waals surface area contributed by atoms with Gasteiger partial charge in [0.25, 0.3) is 0 Å². The Morgan fingerprint density at radius 2 is 0.754 bits per heavy atom. The van der Waals surface area contributed by atoms with Crippen molar-refractivity contribution in [2.45, 2.75) is 19.3 Å². The van der Waals surface area contributed by atoms with Crippen molar-refractivity contribution < 1.29 is 0 Å². The molecule has 2 atom stereocenters. The van der Waals surface area contributed by atoms with Crippen LogP contribution in [0.25, 0.3) is 111 Å². The summed E-state index contributed by atoms with van der Waals surface area (Å²) >= 11 is 0. The average molecular weight is 827 g/mol. The van der Waals surface area contributed by atoms with E-state index in [4.69, 9.17) is 0 Å². The van der Waals surface area contributed by atoms with Crippen LogP contribution >= 0.6 is 0 Å². The van der Waals surface area contributed by atoms with E-state index in [1.54, 1.807) is 0 Å². The second-order valence-corrected chi connectivity index (χ2v) is 18.2. The van der Waals surface area contributed by atoms with Gasteiger partial charge in [-0.15, -0.1) is 0 Å². The van der Waals surface area contributed by atoms with E-state index in [-0.39, 0.29) is 0 Å². The molecule has 0 N–H and O–H groups in total. The molecular formula is C65H46. The van der Waals surface area contributed by atoms with Gasteiger partial charge in [-0.3, -0.25) is 0 Å². The summed E-state index contributed by atoms with van der Waals surface area (Å²) in [5.74, 6) is 1.45. The highest BCUT2D eigenvalue weighted by atomic mass is 14.4. The molecule has 0 nitrogen and oxygen atoms in total. The van der Waals surface area contributed by atoms with E-state index in [0.29, 0.717) is 5.92 Å². The first-order valence-electron chi connectivity index (χ1n) is 23.3. The SMILES string of the molecule is C1=Cc2c(c(-c3ccc(-c4ccc5c(-c6ccc(-c7ccccc7)cc6)c6ccccc6c(-c6ccc(-c7ccccc7)cc6)c5c4)cc3)c3ccccc3c2C2=CC3CC3C=C2)CC1. The molecule has 10 aromatic rings. The summed E-state index contributed by atoms with van der Waals surface area (Å²) in [6, 6.07) is 74.4. The van der Waals surface area contributed by atoms with Crippen molar-refractivity contribution in [1.82, 2.24) is 0 Å². The Labute approximate surface area is 381 Å². The molecular weight excluding hydrogens is 781 g/mol. The van der Waals surface area contributed by atoms with Gasteiger partial charge in [0.05, 0.1) is 0 Å². The fourth-order valence-electron chi connectivity index (χ4n) is 11.1. The summed E-state index contributed by atoms with van der Waals surface area (Å²) in [5.41, 5.74) is 20.7. The van der Waals surface area contributed by atoms with Crippen molar-refractivity contribution in [2.24, 2.45) is 11.8 Å². The predicted octanol–water partition coefficient (Wildman–Crippen LogP) is 17.7. The standard InChI is InChI=1S/C65H46/c1-3-13-42(14-4-1)44-23-29-48(30-24-44)63-54-17-7-10-20-57(54)64(49-31-25-45(26-32-49)43-15-5-2-6-16-43)61-41-51(37-38-60(61)63)46-27-33-47(34-28-46)62-55-18-8-11-21-58(55)65(59-22-12-9-19-56(59)62)52-36-35-50-39-53(50)40-52/h1-8,10-18,20-38,40-41,50,53H,9,19,39H2. The first-order chi connectivity index (χ1) is 32.2. The number of rotatable bonds is 7. The van der Waals surface area contributed by atoms with Crippen LogP contribution in [-0.2, 0) is 6.42 Å². The molecule has 2 unspecified atom stereocenters. The van der Waals surface area contributed by atoms with Crippen molar-refractivity contribution >= 4 is 44.0 Å². The third-order valence-corrected chi connectivity index (χ3v) is 14.4. The summed E-state index contributed by atoms with van der Waals surface area (Å²) in [5, 5.41) is 7.73. The van der Waals surface area contributed by atoms with Crippen LogP contribution in [0.1, 0.15) is 29.5 Å². The van der Waals surface area contributed by atoms with Gasteiger partial charge < -0.3 is 0 Å². The molecule has 3 aliphatic rings. The van der Waals surface area contributed by atoms with Crippen LogP contribution in [-0.4, -0.2) is 0 Å². The second-order valence-electron chi connectivity index (χ2n) is 18.2. The molecule has 65 heavy (non-hydrogen) atoms. The van der Waals surface area contributed by atoms with Gasteiger partial charge in [-0.1, -0.05) is 225 Å². The van der Waals surface area contributed by atoms with Crippen molar-refractivity contribution in [3.05, 3.63) is 241 Å². The Bertz CT molecular complexity index is 3570. The lowest BCUT2D eigenvalue weighted by Crippen LogP contribution is -2.04. The topological polar surface area (TPSA) is 0 Å². The molecule has 13 rings (SSSR count). The van der Waals surface area contributed by atoms with Crippen LogP contribution in [0.4, 0.5) is 0 Å². The Morgan fingerprint density at radius 3 is 1.32 bits per heavy atom. The minimum absolute atomic E-state index is 0.701. The Hall–Kier alpha value is -7.80. The van der Waals surface area contributed by atoms with E-state index in [9.17, 15) is 0 Å². The normalized spacial score (nSPS) is 16.1. The average Bonchev–Trinajstić information content (AvgIpc) is 4.17. The highest BCUT2D eigenvalue weighted by Crippen LogP contribution is 2.50. The van der Waals surface area contributed by atoms with Crippen LogP contribution in [0.3, 0.4) is 0 Å². The maximum Gasteiger partial charge on any atom is -0.00261 e. The van der Waals surface area contributed by atoms with Gasteiger partial charge in [-0.25, -0.2) is 0 Å². The van der Waals surface area contributed by atoms with Crippen LogP contribution in [0.15, 0.2) is 224 Å². The summed E-state index contributed by atoms with van der Waals surface area (Å²) in [6.07, 6.45) is 15.6. The quantitative estimate of drug-likeness (QED) is 0.140. The van der Waals surface area contributed by atoms with E-state index in [1.165, 1.54) is 128 Å². The summed E-state index contributed by atoms with van der Waals surface area (Å²) in [6.45, 7) is 0. The van der Waals surface area contributed by atoms with Gasteiger partial charge in [0, 0.05) is 0 Å². The maximum absolute atomic E-state index is 2.55. The van der Waals surface area contributed by atoms with Gasteiger partial charge in [0.15, 0.2) is 0 Å². The molecule has 0 aliphatic heterocycles. The first kappa shape index (κ1) is 37.7. The molecule has 0 aromatic heterocycles. The second kappa shape index (κ2) is 15.5. The minimum Gasteiger partial charge on any atom is -0.0836 e. The zero-order valence-electron chi connectivity index (χ0n) is 36.2. The zero-order chi connectivity index (χ0) is 42.8. The molecule has 3 aliphatic carbocycles. The molecule has 306 valence electrons. The van der Waals surface area contributed by atoms with Crippen molar-refractivity contribution in [3.63, 3.8) is 0 Å². The van der Waals surface area contributed by atoms with Gasteiger partial charge >= 0.3 is 0 Å². The molecule has 0 spiro atoms. The summed E-state index contributed by atoms with van der Waals surface area (Å²) in [4.78, 5) is 0. The monoisotopic (exact) mass is 826 g/mol. The highest BCUT2D eigenvalue weighted by molar-refractivity contribution is 6.22. The summed E-state index contributed by atoms with van der Waals surface area (Å²) < 4.78 is 0. The number of allylic oxidation sites excluding steroid dienone is 5. The molecule has 0 heterocycles. The Balaban J connectivity index is 0.968. The number of fused-ring (bicyclic) bond motifs is 5. The van der Waals surface area contributed by atoms with Gasteiger partial charge in [0.2, 0.25) is 0 Å². The van der Waals surface area contributed by atoms with E-state index in [2.05, 4.69) is 231 Å². The molecule has 1 saturated carbocycles. The minimum atomic E-state index is 0.701. The molecule has 0 amide bonds. The molecule has 1 fully saturated rings.